The van der Waals surface area contributed by atoms with E-state index in [-0.39, 0.29) is 10.6 Å². The summed E-state index contributed by atoms with van der Waals surface area (Å²) < 4.78 is 39.0. The molecule has 1 rings (SSSR count). The summed E-state index contributed by atoms with van der Waals surface area (Å²) in [6.07, 6.45) is -5.46. The quantitative estimate of drug-likeness (QED) is 0.676. The number of hydrogen-bond acceptors (Lipinski definition) is 4. The largest absolute Gasteiger partial charge is 0.417 e. The molecule has 0 bridgehead atoms. The topological polar surface area (TPSA) is 52.5 Å². The molecular weight excluding hydrogens is 291 g/mol. The van der Waals surface area contributed by atoms with Crippen LogP contribution in [-0.4, -0.2) is 35.2 Å². The molecule has 0 aliphatic rings. The minimum Gasteiger partial charge on any atom is -0.394 e. The van der Waals surface area contributed by atoms with Crippen molar-refractivity contribution >= 4 is 11.8 Å². The van der Waals surface area contributed by atoms with Gasteiger partial charge < -0.3 is 15.5 Å². The fourth-order valence-electron chi connectivity index (χ4n) is 1.54. The first-order chi connectivity index (χ1) is 9.38. The van der Waals surface area contributed by atoms with Crippen LogP contribution in [0.2, 0.25) is 0 Å². The summed E-state index contributed by atoms with van der Waals surface area (Å²) in [5, 5.41) is 20.9. The first kappa shape index (κ1) is 17.3. The van der Waals surface area contributed by atoms with Crippen molar-refractivity contribution in [1.82, 2.24) is 5.32 Å². The van der Waals surface area contributed by atoms with E-state index in [9.17, 15) is 18.3 Å². The van der Waals surface area contributed by atoms with E-state index in [1.54, 1.807) is 6.07 Å². The third-order valence-electron chi connectivity index (χ3n) is 2.57. The first-order valence-electron chi connectivity index (χ1n) is 6.21. The summed E-state index contributed by atoms with van der Waals surface area (Å²) in [4.78, 5) is 0.0604. The molecule has 114 valence electrons. The highest BCUT2D eigenvalue weighted by Gasteiger charge is 2.33. The van der Waals surface area contributed by atoms with Gasteiger partial charge in [-0.2, -0.15) is 13.2 Å². The number of alkyl halides is 3. The van der Waals surface area contributed by atoms with Crippen molar-refractivity contribution in [2.45, 2.75) is 30.6 Å². The van der Waals surface area contributed by atoms with Gasteiger partial charge in [0.2, 0.25) is 0 Å². The number of halogens is 3. The van der Waals surface area contributed by atoms with Crippen LogP contribution in [0.25, 0.3) is 0 Å². The van der Waals surface area contributed by atoms with Crippen LogP contribution >= 0.6 is 11.8 Å². The molecule has 0 heterocycles. The SMILES string of the molecule is CCNCc1ccc(SCC(O)CO)c(C(F)(F)F)c1. The van der Waals surface area contributed by atoms with Crippen LogP contribution in [0.5, 0.6) is 0 Å². The van der Waals surface area contributed by atoms with Crippen molar-refractivity contribution in [2.24, 2.45) is 0 Å². The second-order valence-electron chi connectivity index (χ2n) is 4.26. The zero-order valence-corrected chi connectivity index (χ0v) is 11.9. The molecule has 1 unspecified atom stereocenters. The number of rotatable bonds is 7. The number of hydrogen-bond donors (Lipinski definition) is 3. The van der Waals surface area contributed by atoms with Crippen LogP contribution in [0.15, 0.2) is 23.1 Å². The molecule has 0 radical (unpaired) electrons. The molecule has 20 heavy (non-hydrogen) atoms. The van der Waals surface area contributed by atoms with Crippen LogP contribution in [0.1, 0.15) is 18.1 Å². The van der Waals surface area contributed by atoms with Gasteiger partial charge in [0, 0.05) is 17.2 Å². The maximum Gasteiger partial charge on any atom is 0.417 e. The summed E-state index contributed by atoms with van der Waals surface area (Å²) in [6.45, 7) is 2.47. The Labute approximate surface area is 120 Å². The Bertz CT molecular complexity index is 427. The van der Waals surface area contributed by atoms with Gasteiger partial charge in [0.25, 0.3) is 0 Å². The van der Waals surface area contributed by atoms with Gasteiger partial charge in [-0.1, -0.05) is 13.0 Å². The number of nitrogens with one attached hydrogen (secondary N) is 1. The molecule has 0 fully saturated rings. The summed E-state index contributed by atoms with van der Waals surface area (Å²) in [5.74, 6) is 0.0200. The molecule has 0 amide bonds. The van der Waals surface area contributed by atoms with Crippen molar-refractivity contribution < 1.29 is 23.4 Å². The fourth-order valence-corrected chi connectivity index (χ4v) is 2.51. The monoisotopic (exact) mass is 309 g/mol. The van der Waals surface area contributed by atoms with Gasteiger partial charge in [-0.25, -0.2) is 0 Å². The Balaban J connectivity index is 2.92. The normalized spacial score (nSPS) is 13.5. The highest BCUT2D eigenvalue weighted by molar-refractivity contribution is 7.99. The molecule has 1 aromatic carbocycles. The number of aliphatic hydroxyl groups excluding tert-OH is 2. The minimum absolute atomic E-state index is 0.0200. The average Bonchev–Trinajstić information content (AvgIpc) is 2.41. The molecular formula is C13H18F3NO2S. The lowest BCUT2D eigenvalue weighted by molar-refractivity contribution is -0.139. The van der Waals surface area contributed by atoms with E-state index in [0.717, 1.165) is 17.8 Å². The molecule has 3 nitrogen and oxygen atoms in total. The predicted molar refractivity (Wildman–Crippen MR) is 72.6 cm³/mol. The van der Waals surface area contributed by atoms with Crippen LogP contribution in [0, 0.1) is 0 Å². The summed E-state index contributed by atoms with van der Waals surface area (Å²) in [7, 11) is 0. The maximum absolute atomic E-state index is 13.0. The van der Waals surface area contributed by atoms with Crippen LogP contribution in [0.3, 0.4) is 0 Å². The van der Waals surface area contributed by atoms with Crippen molar-refractivity contribution in [1.29, 1.82) is 0 Å². The summed E-state index contributed by atoms with van der Waals surface area (Å²) >= 11 is 0.889. The second kappa shape index (κ2) is 7.87. The fraction of sp³-hybridized carbons (Fsp3) is 0.538. The molecule has 0 saturated heterocycles. The third-order valence-corrected chi connectivity index (χ3v) is 3.79. The van der Waals surface area contributed by atoms with E-state index in [2.05, 4.69) is 5.32 Å². The molecule has 0 aliphatic heterocycles. The van der Waals surface area contributed by atoms with Crippen LogP contribution in [0.4, 0.5) is 13.2 Å². The molecule has 1 aromatic rings. The molecule has 0 spiro atoms. The predicted octanol–water partition coefficient (Wildman–Crippen LogP) is 2.26. The van der Waals surface area contributed by atoms with Crippen molar-refractivity contribution in [3.63, 3.8) is 0 Å². The average molecular weight is 309 g/mol. The minimum atomic E-state index is -4.44. The van der Waals surface area contributed by atoms with E-state index < -0.39 is 24.5 Å². The Morgan fingerprint density at radius 3 is 2.60 bits per heavy atom. The van der Waals surface area contributed by atoms with E-state index in [1.165, 1.54) is 6.07 Å². The Kier molecular flexibility index (Phi) is 6.81. The lowest BCUT2D eigenvalue weighted by Crippen LogP contribution is -2.16. The molecule has 0 aromatic heterocycles. The molecule has 7 heteroatoms. The van der Waals surface area contributed by atoms with Crippen molar-refractivity contribution in [3.8, 4) is 0 Å². The maximum atomic E-state index is 13.0. The first-order valence-corrected chi connectivity index (χ1v) is 7.19. The van der Waals surface area contributed by atoms with E-state index in [1.807, 2.05) is 6.92 Å². The van der Waals surface area contributed by atoms with Crippen LogP contribution < -0.4 is 5.32 Å². The van der Waals surface area contributed by atoms with E-state index in [4.69, 9.17) is 5.11 Å². The summed E-state index contributed by atoms with van der Waals surface area (Å²) in [6, 6.07) is 4.16. The molecule has 0 saturated carbocycles. The van der Waals surface area contributed by atoms with E-state index >= 15 is 0 Å². The molecule has 3 N–H and O–H groups in total. The third kappa shape index (κ3) is 5.32. The van der Waals surface area contributed by atoms with E-state index in [0.29, 0.717) is 18.7 Å². The number of thioether (sulfide) groups is 1. The molecule has 1 atom stereocenters. The Morgan fingerprint density at radius 1 is 1.35 bits per heavy atom. The Morgan fingerprint density at radius 2 is 2.05 bits per heavy atom. The standard InChI is InChI=1S/C13H18F3NO2S/c1-2-17-6-9-3-4-12(20-8-10(19)7-18)11(5-9)13(14,15)16/h3-5,10,17-19H,2,6-8H2,1H3. The van der Waals surface area contributed by atoms with Gasteiger partial charge in [0.15, 0.2) is 0 Å². The van der Waals surface area contributed by atoms with Gasteiger partial charge in [0.05, 0.1) is 18.3 Å². The highest BCUT2D eigenvalue weighted by Crippen LogP contribution is 2.37. The van der Waals surface area contributed by atoms with Gasteiger partial charge in [-0.3, -0.25) is 0 Å². The number of aliphatic hydroxyl groups is 2. The lowest BCUT2D eigenvalue weighted by Gasteiger charge is -2.15. The van der Waals surface area contributed by atoms with Gasteiger partial charge in [-0.05, 0) is 24.2 Å². The lowest BCUT2D eigenvalue weighted by atomic mass is 10.1. The van der Waals surface area contributed by atoms with Gasteiger partial charge in [0.1, 0.15) is 0 Å². The number of benzene rings is 1. The molecule has 0 aliphatic carbocycles. The highest BCUT2D eigenvalue weighted by atomic mass is 32.2. The second-order valence-corrected chi connectivity index (χ2v) is 5.32. The van der Waals surface area contributed by atoms with Crippen molar-refractivity contribution in [3.05, 3.63) is 29.3 Å². The Hall–Kier alpha value is -0.760. The zero-order valence-electron chi connectivity index (χ0n) is 11.1. The summed E-state index contributed by atoms with van der Waals surface area (Å²) in [5.41, 5.74) is -0.144. The van der Waals surface area contributed by atoms with Crippen LogP contribution in [-0.2, 0) is 12.7 Å². The van der Waals surface area contributed by atoms with Gasteiger partial charge >= 0.3 is 6.18 Å². The van der Waals surface area contributed by atoms with Gasteiger partial charge in [-0.15, -0.1) is 11.8 Å². The smallest absolute Gasteiger partial charge is 0.394 e. The zero-order chi connectivity index (χ0) is 15.2. The van der Waals surface area contributed by atoms with Crippen molar-refractivity contribution in [2.75, 3.05) is 18.9 Å².